The first kappa shape index (κ1) is 26.4. The lowest BCUT2D eigenvalue weighted by atomic mass is 9.53. The molecule has 5 fully saturated rings. The smallest absolute Gasteiger partial charge is 0.311 e. The molecule has 0 N–H and O–H groups in total. The highest BCUT2D eigenvalue weighted by atomic mass is 16.6. The second-order valence-electron chi connectivity index (χ2n) is 12.4. The van der Waals surface area contributed by atoms with Crippen LogP contribution in [0.5, 0.6) is 11.5 Å². The lowest BCUT2D eigenvalue weighted by Crippen LogP contribution is -2.54. The Morgan fingerprint density at radius 3 is 2.76 bits per heavy atom. The van der Waals surface area contributed by atoms with Crippen molar-refractivity contribution < 1.29 is 28.5 Å². The minimum absolute atomic E-state index is 0.0316. The van der Waals surface area contributed by atoms with E-state index in [1.807, 2.05) is 18.2 Å². The fraction of sp³-hybridized carbons (Fsp3) is 0.767. The maximum Gasteiger partial charge on any atom is 0.311 e. The lowest BCUT2D eigenvalue weighted by Gasteiger charge is -2.49. The molecule has 0 radical (unpaired) electrons. The van der Waals surface area contributed by atoms with Crippen molar-refractivity contribution in [2.75, 3.05) is 60.2 Å². The van der Waals surface area contributed by atoms with Gasteiger partial charge in [0.1, 0.15) is 23.2 Å². The lowest BCUT2D eigenvalue weighted by molar-refractivity contribution is -0.146. The van der Waals surface area contributed by atoms with E-state index in [0.717, 1.165) is 62.9 Å². The summed E-state index contributed by atoms with van der Waals surface area (Å²) in [5.41, 5.74) is 1.09. The number of rotatable bonds is 9. The Balaban J connectivity index is 1.23. The van der Waals surface area contributed by atoms with Crippen LogP contribution in [0, 0.1) is 23.2 Å². The number of morpholine rings is 1. The molecule has 3 aliphatic heterocycles. The van der Waals surface area contributed by atoms with Crippen molar-refractivity contribution in [2.24, 2.45) is 23.2 Å². The zero-order chi connectivity index (χ0) is 26.5. The molecule has 2 aliphatic carbocycles. The van der Waals surface area contributed by atoms with Crippen molar-refractivity contribution in [1.29, 1.82) is 0 Å². The van der Waals surface area contributed by atoms with E-state index >= 15 is 0 Å². The van der Waals surface area contributed by atoms with Crippen LogP contribution in [-0.4, -0.2) is 93.7 Å². The number of ether oxygens (including phenoxy) is 5. The van der Waals surface area contributed by atoms with Crippen LogP contribution in [0.1, 0.15) is 45.1 Å². The van der Waals surface area contributed by atoms with Gasteiger partial charge in [-0.25, -0.2) is 0 Å². The molecular formula is C30H44N2O6. The van der Waals surface area contributed by atoms with Gasteiger partial charge in [0.05, 0.1) is 39.5 Å². The first-order valence-corrected chi connectivity index (χ1v) is 14.5. The Labute approximate surface area is 226 Å². The Morgan fingerprint density at radius 2 is 2.00 bits per heavy atom. The third-order valence-electron chi connectivity index (χ3n) is 10.4. The highest BCUT2D eigenvalue weighted by Gasteiger charge is 2.78. The Bertz CT molecular complexity index is 1030. The predicted molar refractivity (Wildman–Crippen MR) is 142 cm³/mol. The van der Waals surface area contributed by atoms with E-state index in [9.17, 15) is 4.79 Å². The van der Waals surface area contributed by atoms with Gasteiger partial charge in [0, 0.05) is 56.2 Å². The SMILES string of the molecule is COc1ccc(OC)c(CN(CCN2CCOCC2)CC2C(=O)OC3CC4(C)CCCC(C)C45OC5C32)c1. The van der Waals surface area contributed by atoms with Crippen molar-refractivity contribution in [2.45, 2.75) is 63.9 Å². The standard InChI is InChI=1S/C30H44N2O6/c1-20-6-5-9-29(2)17-25-26(27-30(20,29)38-27)23(28(33)37-25)19-32(11-10-31-12-14-36-15-13-31)18-21-16-22(34-3)7-8-24(21)35-4/h7-8,16,20,23,25-27H,5-6,9-15,17-19H2,1-4H3. The second-order valence-corrected chi connectivity index (χ2v) is 12.4. The van der Waals surface area contributed by atoms with Gasteiger partial charge in [-0.15, -0.1) is 0 Å². The number of carbonyl (C=O) groups is 1. The van der Waals surface area contributed by atoms with Crippen LogP contribution in [0.4, 0.5) is 0 Å². The number of fused-ring (bicyclic) bond motifs is 2. The molecule has 8 nitrogen and oxygen atoms in total. The van der Waals surface area contributed by atoms with Crippen molar-refractivity contribution in [3.05, 3.63) is 23.8 Å². The molecule has 2 saturated carbocycles. The van der Waals surface area contributed by atoms with Crippen LogP contribution in [0.15, 0.2) is 18.2 Å². The summed E-state index contributed by atoms with van der Waals surface area (Å²) in [4.78, 5) is 18.3. The monoisotopic (exact) mass is 528 g/mol. The highest BCUT2D eigenvalue weighted by molar-refractivity contribution is 5.76. The minimum atomic E-state index is -0.177. The van der Waals surface area contributed by atoms with E-state index in [1.54, 1.807) is 14.2 Å². The van der Waals surface area contributed by atoms with Gasteiger partial charge < -0.3 is 23.7 Å². The van der Waals surface area contributed by atoms with Gasteiger partial charge in [-0.3, -0.25) is 14.6 Å². The molecule has 0 amide bonds. The molecule has 3 saturated heterocycles. The molecule has 1 aromatic rings. The number of hydrogen-bond donors (Lipinski definition) is 0. The molecule has 7 unspecified atom stereocenters. The molecule has 6 rings (SSSR count). The van der Waals surface area contributed by atoms with Crippen LogP contribution < -0.4 is 9.47 Å². The summed E-state index contributed by atoms with van der Waals surface area (Å²) in [5.74, 6) is 2.08. The Hall–Kier alpha value is -1.87. The van der Waals surface area contributed by atoms with Gasteiger partial charge >= 0.3 is 5.97 Å². The van der Waals surface area contributed by atoms with Crippen molar-refractivity contribution in [3.63, 3.8) is 0 Å². The quantitative estimate of drug-likeness (QED) is 0.357. The molecular weight excluding hydrogens is 484 g/mol. The van der Waals surface area contributed by atoms with Crippen LogP contribution >= 0.6 is 0 Å². The number of nitrogens with zero attached hydrogens (tertiary/aromatic N) is 2. The maximum absolute atomic E-state index is 13.4. The van der Waals surface area contributed by atoms with Crippen LogP contribution in [0.2, 0.25) is 0 Å². The van der Waals surface area contributed by atoms with E-state index in [2.05, 4.69) is 23.6 Å². The molecule has 1 spiro atoms. The van der Waals surface area contributed by atoms with E-state index in [0.29, 0.717) is 19.0 Å². The van der Waals surface area contributed by atoms with Crippen LogP contribution in [0.3, 0.4) is 0 Å². The van der Waals surface area contributed by atoms with Crippen molar-refractivity contribution in [1.82, 2.24) is 9.80 Å². The molecule has 5 aliphatic rings. The Morgan fingerprint density at radius 1 is 1.18 bits per heavy atom. The van der Waals surface area contributed by atoms with Crippen molar-refractivity contribution in [3.8, 4) is 11.5 Å². The summed E-state index contributed by atoms with van der Waals surface area (Å²) in [5, 5.41) is 0. The molecule has 3 heterocycles. The van der Waals surface area contributed by atoms with Crippen molar-refractivity contribution >= 4 is 5.97 Å². The normalized spacial score (nSPS) is 38.2. The average Bonchev–Trinajstić information content (AvgIpc) is 3.61. The molecule has 1 aromatic carbocycles. The summed E-state index contributed by atoms with van der Waals surface area (Å²) in [6.07, 6.45) is 4.65. The van der Waals surface area contributed by atoms with Gasteiger partial charge in [0.2, 0.25) is 0 Å². The molecule has 210 valence electrons. The summed E-state index contributed by atoms with van der Waals surface area (Å²) >= 11 is 0. The summed E-state index contributed by atoms with van der Waals surface area (Å²) in [6, 6.07) is 5.93. The number of hydrogen-bond acceptors (Lipinski definition) is 8. The van der Waals surface area contributed by atoms with Gasteiger partial charge in [0.15, 0.2) is 0 Å². The minimum Gasteiger partial charge on any atom is -0.497 e. The molecule has 0 aromatic heterocycles. The van der Waals surface area contributed by atoms with Gasteiger partial charge in [-0.05, 0) is 43.4 Å². The van der Waals surface area contributed by atoms with E-state index in [1.165, 1.54) is 19.3 Å². The number of epoxide rings is 1. The third kappa shape index (κ3) is 4.41. The number of carbonyl (C=O) groups excluding carboxylic acids is 1. The van der Waals surface area contributed by atoms with E-state index in [-0.39, 0.29) is 41.0 Å². The number of methoxy groups -OCH3 is 2. The fourth-order valence-electron chi connectivity index (χ4n) is 8.31. The third-order valence-corrected chi connectivity index (χ3v) is 10.4. The summed E-state index contributed by atoms with van der Waals surface area (Å²) in [6.45, 7) is 11.3. The topological polar surface area (TPSA) is 73.0 Å². The number of esters is 1. The second kappa shape index (κ2) is 10.3. The van der Waals surface area contributed by atoms with Gasteiger partial charge in [-0.2, -0.15) is 0 Å². The van der Waals surface area contributed by atoms with Gasteiger partial charge in [-0.1, -0.05) is 20.3 Å². The molecule has 7 atom stereocenters. The zero-order valence-electron chi connectivity index (χ0n) is 23.4. The molecule has 38 heavy (non-hydrogen) atoms. The first-order chi connectivity index (χ1) is 18.4. The predicted octanol–water partition coefficient (Wildman–Crippen LogP) is 3.36. The zero-order valence-corrected chi connectivity index (χ0v) is 23.4. The largest absolute Gasteiger partial charge is 0.497 e. The summed E-state index contributed by atoms with van der Waals surface area (Å²) < 4.78 is 29.6. The molecule has 0 bridgehead atoms. The van der Waals surface area contributed by atoms with E-state index in [4.69, 9.17) is 23.7 Å². The average molecular weight is 529 g/mol. The summed E-state index contributed by atoms with van der Waals surface area (Å²) in [7, 11) is 3.39. The first-order valence-electron chi connectivity index (χ1n) is 14.5. The van der Waals surface area contributed by atoms with Gasteiger partial charge in [0.25, 0.3) is 0 Å². The highest BCUT2D eigenvalue weighted by Crippen LogP contribution is 2.70. The number of benzene rings is 1. The molecule has 8 heteroatoms. The van der Waals surface area contributed by atoms with Crippen LogP contribution in [0.25, 0.3) is 0 Å². The fourth-order valence-corrected chi connectivity index (χ4v) is 8.31. The van der Waals surface area contributed by atoms with E-state index < -0.39 is 0 Å². The maximum atomic E-state index is 13.4. The van der Waals surface area contributed by atoms with Crippen LogP contribution in [-0.2, 0) is 25.5 Å². The Kier molecular flexibility index (Phi) is 7.12.